The van der Waals surface area contributed by atoms with Gasteiger partial charge in [0, 0.05) is 11.1 Å². The van der Waals surface area contributed by atoms with E-state index in [9.17, 15) is 13.2 Å². The zero-order valence-electron chi connectivity index (χ0n) is 10.9. The van der Waals surface area contributed by atoms with Crippen LogP contribution in [0.25, 0.3) is 0 Å². The maximum Gasteiger partial charge on any atom is 0.443 e. The van der Waals surface area contributed by atoms with E-state index in [1.165, 1.54) is 19.0 Å². The third-order valence-corrected chi connectivity index (χ3v) is 4.27. The van der Waals surface area contributed by atoms with Crippen molar-refractivity contribution < 1.29 is 13.2 Å². The third-order valence-electron chi connectivity index (χ3n) is 3.07. The van der Waals surface area contributed by atoms with Gasteiger partial charge in [0.05, 0.1) is 0 Å². The molecule has 0 saturated heterocycles. The van der Waals surface area contributed by atoms with Crippen LogP contribution in [-0.2, 0) is 6.18 Å². The quantitative estimate of drug-likeness (QED) is 0.590. The van der Waals surface area contributed by atoms with Crippen LogP contribution in [0.5, 0.6) is 0 Å². The van der Waals surface area contributed by atoms with Gasteiger partial charge < -0.3 is 0 Å². The van der Waals surface area contributed by atoms with Crippen LogP contribution in [0.1, 0.15) is 68.2 Å². The molecular formula is C13H20F3NS. The minimum absolute atomic E-state index is 0.232. The predicted molar refractivity (Wildman–Crippen MR) is 68.9 cm³/mol. The number of alkyl halides is 3. The van der Waals surface area contributed by atoms with Crippen molar-refractivity contribution in [3.63, 3.8) is 0 Å². The van der Waals surface area contributed by atoms with Gasteiger partial charge in [0.2, 0.25) is 0 Å². The monoisotopic (exact) mass is 279 g/mol. The van der Waals surface area contributed by atoms with E-state index in [0.717, 1.165) is 41.9 Å². The molecule has 1 unspecified atom stereocenters. The molecule has 1 rings (SSSR count). The molecule has 5 heteroatoms. The molecule has 0 amide bonds. The summed E-state index contributed by atoms with van der Waals surface area (Å²) in [6.45, 7) is 4.17. The molecule has 18 heavy (non-hydrogen) atoms. The molecule has 1 atom stereocenters. The van der Waals surface area contributed by atoms with E-state index in [0.29, 0.717) is 0 Å². The van der Waals surface area contributed by atoms with Crippen molar-refractivity contribution in [3.8, 4) is 0 Å². The molecule has 0 aliphatic heterocycles. The van der Waals surface area contributed by atoms with Crippen LogP contribution < -0.4 is 0 Å². The van der Waals surface area contributed by atoms with Crippen molar-refractivity contribution in [1.29, 1.82) is 0 Å². The molecule has 1 aromatic heterocycles. The summed E-state index contributed by atoms with van der Waals surface area (Å²) in [4.78, 5) is 4.27. The van der Waals surface area contributed by atoms with Gasteiger partial charge in [-0.05, 0) is 18.8 Å². The SMILES string of the molecule is CCCCCCC(CC)c1cnc(C(F)(F)F)s1. The fourth-order valence-electron chi connectivity index (χ4n) is 1.97. The fourth-order valence-corrected chi connectivity index (χ4v) is 2.97. The predicted octanol–water partition coefficient (Wildman–Crippen LogP) is 5.63. The number of hydrogen-bond acceptors (Lipinski definition) is 2. The molecule has 0 bridgehead atoms. The van der Waals surface area contributed by atoms with Gasteiger partial charge in [-0.2, -0.15) is 13.2 Å². The van der Waals surface area contributed by atoms with Crippen LogP contribution in [0.4, 0.5) is 13.2 Å². The number of thiazole rings is 1. The molecule has 0 fully saturated rings. The van der Waals surface area contributed by atoms with Crippen molar-refractivity contribution >= 4 is 11.3 Å². The van der Waals surface area contributed by atoms with Crippen molar-refractivity contribution in [1.82, 2.24) is 4.98 Å². The molecule has 0 saturated carbocycles. The molecule has 0 radical (unpaired) electrons. The second-order valence-electron chi connectivity index (χ2n) is 4.52. The van der Waals surface area contributed by atoms with E-state index >= 15 is 0 Å². The molecule has 1 heterocycles. The molecule has 0 aromatic carbocycles. The van der Waals surface area contributed by atoms with Crippen LogP contribution >= 0.6 is 11.3 Å². The largest absolute Gasteiger partial charge is 0.443 e. The van der Waals surface area contributed by atoms with Gasteiger partial charge in [-0.25, -0.2) is 4.98 Å². The highest BCUT2D eigenvalue weighted by molar-refractivity contribution is 7.11. The van der Waals surface area contributed by atoms with Crippen LogP contribution in [0.3, 0.4) is 0 Å². The fraction of sp³-hybridized carbons (Fsp3) is 0.769. The van der Waals surface area contributed by atoms with Gasteiger partial charge in [-0.15, -0.1) is 11.3 Å². The highest BCUT2D eigenvalue weighted by atomic mass is 32.1. The number of nitrogens with zero attached hydrogens (tertiary/aromatic N) is 1. The summed E-state index contributed by atoms with van der Waals surface area (Å²) in [5, 5.41) is -0.718. The zero-order valence-corrected chi connectivity index (χ0v) is 11.7. The zero-order chi connectivity index (χ0) is 13.6. The van der Waals surface area contributed by atoms with Crippen molar-refractivity contribution in [2.75, 3.05) is 0 Å². The summed E-state index contributed by atoms with van der Waals surface area (Å²) >= 11 is 0.800. The Kier molecular flexibility index (Phi) is 6.12. The summed E-state index contributed by atoms with van der Waals surface area (Å²) in [6.07, 6.45) is 3.58. The minimum atomic E-state index is -4.30. The molecule has 1 aromatic rings. The van der Waals surface area contributed by atoms with Gasteiger partial charge in [0.25, 0.3) is 0 Å². The lowest BCUT2D eigenvalue weighted by Gasteiger charge is -2.11. The van der Waals surface area contributed by atoms with Gasteiger partial charge >= 0.3 is 6.18 Å². The van der Waals surface area contributed by atoms with Gasteiger partial charge in [0.1, 0.15) is 0 Å². The maximum atomic E-state index is 12.5. The second kappa shape index (κ2) is 7.12. The average molecular weight is 279 g/mol. The smallest absolute Gasteiger partial charge is 0.240 e. The Labute approximate surface area is 110 Å². The Morgan fingerprint density at radius 1 is 1.22 bits per heavy atom. The third kappa shape index (κ3) is 4.59. The lowest BCUT2D eigenvalue weighted by molar-refractivity contribution is -0.137. The molecule has 0 aliphatic carbocycles. The lowest BCUT2D eigenvalue weighted by Crippen LogP contribution is -2.03. The highest BCUT2D eigenvalue weighted by Gasteiger charge is 2.35. The normalized spacial score (nSPS) is 13.8. The topological polar surface area (TPSA) is 12.9 Å². The van der Waals surface area contributed by atoms with Crippen LogP contribution in [0.2, 0.25) is 0 Å². The van der Waals surface area contributed by atoms with Gasteiger partial charge in [-0.1, -0.05) is 39.5 Å². The first-order valence-corrected chi connectivity index (χ1v) is 7.33. The highest BCUT2D eigenvalue weighted by Crippen LogP contribution is 2.37. The standard InChI is InChI=1S/C13H20F3NS/c1-3-5-6-7-8-10(4-2)11-9-17-12(18-11)13(14,15)16/h9-10H,3-8H2,1-2H3. The van der Waals surface area contributed by atoms with E-state index in [-0.39, 0.29) is 5.92 Å². The summed E-state index contributed by atoms with van der Waals surface area (Å²) in [5.41, 5.74) is 0. The summed E-state index contributed by atoms with van der Waals surface area (Å²) in [5.74, 6) is 0.232. The number of rotatable bonds is 7. The molecular weight excluding hydrogens is 259 g/mol. The number of hydrogen-bond donors (Lipinski definition) is 0. The number of unbranched alkanes of at least 4 members (excludes halogenated alkanes) is 3. The Balaban J connectivity index is 2.57. The molecule has 1 nitrogen and oxygen atoms in total. The molecule has 0 spiro atoms. The molecule has 0 aliphatic rings. The molecule has 0 N–H and O–H groups in total. The first kappa shape index (κ1) is 15.5. The average Bonchev–Trinajstić information content (AvgIpc) is 2.78. The van der Waals surface area contributed by atoms with E-state index in [2.05, 4.69) is 11.9 Å². The summed E-state index contributed by atoms with van der Waals surface area (Å²) < 4.78 is 37.4. The van der Waals surface area contributed by atoms with E-state index in [1.807, 2.05) is 6.92 Å². The Hall–Kier alpha value is -0.580. The summed E-state index contributed by atoms with van der Waals surface area (Å²) in [6, 6.07) is 0. The lowest BCUT2D eigenvalue weighted by atomic mass is 9.97. The van der Waals surface area contributed by atoms with Crippen molar-refractivity contribution in [2.45, 2.75) is 64.5 Å². The van der Waals surface area contributed by atoms with Crippen molar-refractivity contribution in [2.24, 2.45) is 0 Å². The Morgan fingerprint density at radius 3 is 2.44 bits per heavy atom. The minimum Gasteiger partial charge on any atom is -0.240 e. The van der Waals surface area contributed by atoms with Gasteiger partial charge in [-0.3, -0.25) is 0 Å². The van der Waals surface area contributed by atoms with Crippen LogP contribution in [-0.4, -0.2) is 4.98 Å². The van der Waals surface area contributed by atoms with Crippen LogP contribution in [0, 0.1) is 0 Å². The van der Waals surface area contributed by atoms with E-state index in [4.69, 9.17) is 0 Å². The van der Waals surface area contributed by atoms with Crippen LogP contribution in [0.15, 0.2) is 6.20 Å². The van der Waals surface area contributed by atoms with Gasteiger partial charge in [0.15, 0.2) is 5.01 Å². The first-order valence-electron chi connectivity index (χ1n) is 6.52. The number of halogens is 3. The maximum absolute atomic E-state index is 12.5. The summed E-state index contributed by atoms with van der Waals surface area (Å²) in [7, 11) is 0. The second-order valence-corrected chi connectivity index (χ2v) is 5.58. The number of aromatic nitrogens is 1. The van der Waals surface area contributed by atoms with E-state index < -0.39 is 11.2 Å². The van der Waals surface area contributed by atoms with Crippen molar-refractivity contribution in [3.05, 3.63) is 16.1 Å². The Bertz CT molecular complexity index is 346. The van der Waals surface area contributed by atoms with E-state index in [1.54, 1.807) is 0 Å². The Morgan fingerprint density at radius 2 is 1.94 bits per heavy atom. The molecule has 104 valence electrons. The first-order chi connectivity index (χ1) is 8.49.